The molecule has 1 aromatic carbocycles. The molecule has 1 saturated carbocycles. The van der Waals surface area contributed by atoms with Crippen LogP contribution in [0.15, 0.2) is 18.2 Å². The number of rotatable bonds is 0. The topological polar surface area (TPSA) is 0 Å². The van der Waals surface area contributed by atoms with Crippen LogP contribution in [0.5, 0.6) is 0 Å². The second-order valence-electron chi connectivity index (χ2n) is 4.90. The standard InChI is InChI=1S/C13H13F3/c14-13(15,16)10-4-5-11-8-2-1-3-9(6-8)12(11)7-10/h4-5,7-9H,1-3,6H2/t8-,9+/m1/s1. The van der Waals surface area contributed by atoms with Crippen molar-refractivity contribution in [2.24, 2.45) is 0 Å². The van der Waals surface area contributed by atoms with Gasteiger partial charge in [0.15, 0.2) is 0 Å². The van der Waals surface area contributed by atoms with Crippen molar-refractivity contribution < 1.29 is 13.2 Å². The summed E-state index contributed by atoms with van der Waals surface area (Å²) in [4.78, 5) is 0. The third-order valence-electron chi connectivity index (χ3n) is 3.97. The van der Waals surface area contributed by atoms with Crippen molar-refractivity contribution in [3.05, 3.63) is 34.9 Å². The lowest BCUT2D eigenvalue weighted by Crippen LogP contribution is -2.06. The molecule has 1 aromatic rings. The number of hydrogen-bond donors (Lipinski definition) is 0. The molecule has 3 rings (SSSR count). The Morgan fingerprint density at radius 3 is 2.38 bits per heavy atom. The Hall–Kier alpha value is -0.990. The Morgan fingerprint density at radius 2 is 1.69 bits per heavy atom. The fourth-order valence-corrected chi connectivity index (χ4v) is 3.23. The summed E-state index contributed by atoms with van der Waals surface area (Å²) < 4.78 is 37.8. The molecule has 3 heteroatoms. The van der Waals surface area contributed by atoms with Gasteiger partial charge in [-0.25, -0.2) is 0 Å². The fourth-order valence-electron chi connectivity index (χ4n) is 3.23. The minimum Gasteiger partial charge on any atom is -0.166 e. The van der Waals surface area contributed by atoms with E-state index < -0.39 is 11.7 Å². The first kappa shape index (κ1) is 10.2. The number of halogens is 3. The molecule has 0 N–H and O–H groups in total. The molecule has 0 aromatic heterocycles. The van der Waals surface area contributed by atoms with Crippen LogP contribution in [0.25, 0.3) is 0 Å². The predicted molar refractivity (Wildman–Crippen MR) is 55.4 cm³/mol. The summed E-state index contributed by atoms with van der Waals surface area (Å²) in [7, 11) is 0. The molecule has 0 nitrogen and oxygen atoms in total. The molecule has 0 spiro atoms. The molecular formula is C13H13F3. The lowest BCUT2D eigenvalue weighted by Gasteiger charge is -2.18. The summed E-state index contributed by atoms with van der Waals surface area (Å²) in [5.41, 5.74) is 1.66. The maximum absolute atomic E-state index is 12.6. The summed E-state index contributed by atoms with van der Waals surface area (Å²) in [6.45, 7) is 0. The number of alkyl halides is 3. The van der Waals surface area contributed by atoms with Crippen molar-refractivity contribution in [1.29, 1.82) is 0 Å². The first-order valence-corrected chi connectivity index (χ1v) is 5.77. The predicted octanol–water partition coefficient (Wildman–Crippen LogP) is 4.46. The van der Waals surface area contributed by atoms with Crippen LogP contribution < -0.4 is 0 Å². The molecule has 2 bridgehead atoms. The zero-order valence-corrected chi connectivity index (χ0v) is 8.85. The Balaban J connectivity index is 2.07. The third-order valence-corrected chi connectivity index (χ3v) is 3.97. The molecule has 2 aliphatic carbocycles. The van der Waals surface area contributed by atoms with E-state index in [-0.39, 0.29) is 0 Å². The molecular weight excluding hydrogens is 213 g/mol. The van der Waals surface area contributed by atoms with E-state index in [4.69, 9.17) is 0 Å². The van der Waals surface area contributed by atoms with Gasteiger partial charge in [0.2, 0.25) is 0 Å². The smallest absolute Gasteiger partial charge is 0.166 e. The lowest BCUT2D eigenvalue weighted by molar-refractivity contribution is -0.137. The molecule has 2 atom stereocenters. The van der Waals surface area contributed by atoms with Crippen LogP contribution in [0.4, 0.5) is 13.2 Å². The minimum absolute atomic E-state index is 0.385. The summed E-state index contributed by atoms with van der Waals surface area (Å²) in [5, 5.41) is 0. The molecule has 1 fully saturated rings. The summed E-state index contributed by atoms with van der Waals surface area (Å²) >= 11 is 0. The average molecular weight is 226 g/mol. The minimum atomic E-state index is -4.20. The molecule has 0 aliphatic heterocycles. The van der Waals surface area contributed by atoms with Crippen molar-refractivity contribution in [3.8, 4) is 0 Å². The van der Waals surface area contributed by atoms with Gasteiger partial charge < -0.3 is 0 Å². The average Bonchev–Trinajstić information content (AvgIpc) is 2.50. The summed E-state index contributed by atoms with van der Waals surface area (Å²) in [6, 6.07) is 4.32. The van der Waals surface area contributed by atoms with Gasteiger partial charge in [0, 0.05) is 0 Å². The fraction of sp³-hybridized carbons (Fsp3) is 0.538. The van der Waals surface area contributed by atoms with Crippen molar-refractivity contribution in [2.45, 2.75) is 43.7 Å². The van der Waals surface area contributed by atoms with Gasteiger partial charge in [-0.1, -0.05) is 12.5 Å². The first-order valence-electron chi connectivity index (χ1n) is 5.77. The van der Waals surface area contributed by atoms with Crippen molar-refractivity contribution in [2.75, 3.05) is 0 Å². The zero-order valence-electron chi connectivity index (χ0n) is 8.85. The molecule has 16 heavy (non-hydrogen) atoms. The van der Waals surface area contributed by atoms with E-state index in [0.717, 1.165) is 31.2 Å². The van der Waals surface area contributed by atoms with Gasteiger partial charge in [-0.3, -0.25) is 0 Å². The van der Waals surface area contributed by atoms with Gasteiger partial charge in [-0.2, -0.15) is 13.2 Å². The van der Waals surface area contributed by atoms with Gasteiger partial charge in [0.25, 0.3) is 0 Å². The second-order valence-corrected chi connectivity index (χ2v) is 4.90. The second kappa shape index (κ2) is 3.25. The number of fused-ring (bicyclic) bond motifs is 5. The first-order chi connectivity index (χ1) is 7.55. The third kappa shape index (κ3) is 1.45. The van der Waals surface area contributed by atoms with Crippen LogP contribution in [0, 0.1) is 0 Å². The van der Waals surface area contributed by atoms with Crippen LogP contribution in [-0.2, 0) is 6.18 Å². The highest BCUT2D eigenvalue weighted by atomic mass is 19.4. The Bertz CT molecular complexity index is 420. The highest BCUT2D eigenvalue weighted by Crippen LogP contribution is 2.51. The lowest BCUT2D eigenvalue weighted by atomic mass is 9.87. The van der Waals surface area contributed by atoms with E-state index in [9.17, 15) is 13.2 Å². The van der Waals surface area contributed by atoms with E-state index in [0.29, 0.717) is 11.8 Å². The zero-order chi connectivity index (χ0) is 11.3. The quantitative estimate of drug-likeness (QED) is 0.612. The SMILES string of the molecule is FC(F)(F)c1ccc2c(c1)[C@H]1CCC[C@@H]2C1. The van der Waals surface area contributed by atoms with Crippen molar-refractivity contribution in [1.82, 2.24) is 0 Å². The van der Waals surface area contributed by atoms with Gasteiger partial charge in [-0.05, 0) is 54.4 Å². The normalized spacial score (nSPS) is 27.9. The van der Waals surface area contributed by atoms with E-state index in [1.807, 2.05) is 0 Å². The van der Waals surface area contributed by atoms with Crippen LogP contribution in [-0.4, -0.2) is 0 Å². The molecule has 0 saturated heterocycles. The van der Waals surface area contributed by atoms with Crippen LogP contribution in [0.2, 0.25) is 0 Å². The van der Waals surface area contributed by atoms with Gasteiger partial charge in [0.05, 0.1) is 5.56 Å². The van der Waals surface area contributed by atoms with Gasteiger partial charge in [0.1, 0.15) is 0 Å². The van der Waals surface area contributed by atoms with Gasteiger partial charge in [-0.15, -0.1) is 0 Å². The van der Waals surface area contributed by atoms with Crippen LogP contribution in [0.1, 0.15) is 54.2 Å². The molecule has 0 heterocycles. The molecule has 0 amide bonds. The van der Waals surface area contributed by atoms with Crippen LogP contribution >= 0.6 is 0 Å². The monoisotopic (exact) mass is 226 g/mol. The van der Waals surface area contributed by atoms with Crippen molar-refractivity contribution >= 4 is 0 Å². The maximum Gasteiger partial charge on any atom is 0.416 e. The summed E-state index contributed by atoms with van der Waals surface area (Å²) in [6.07, 6.45) is 0.230. The van der Waals surface area contributed by atoms with E-state index in [1.165, 1.54) is 17.7 Å². The van der Waals surface area contributed by atoms with E-state index >= 15 is 0 Å². The summed E-state index contributed by atoms with van der Waals surface area (Å²) in [5.74, 6) is 0.909. The molecule has 0 unspecified atom stereocenters. The van der Waals surface area contributed by atoms with Gasteiger partial charge >= 0.3 is 6.18 Å². The van der Waals surface area contributed by atoms with E-state index in [2.05, 4.69) is 0 Å². The Kier molecular flexibility index (Phi) is 2.07. The van der Waals surface area contributed by atoms with E-state index in [1.54, 1.807) is 6.07 Å². The molecule has 86 valence electrons. The molecule has 2 aliphatic rings. The Morgan fingerprint density at radius 1 is 1.00 bits per heavy atom. The van der Waals surface area contributed by atoms with Crippen LogP contribution in [0.3, 0.4) is 0 Å². The van der Waals surface area contributed by atoms with Crippen molar-refractivity contribution in [3.63, 3.8) is 0 Å². The highest BCUT2D eigenvalue weighted by Gasteiger charge is 2.37. The Labute approximate surface area is 92.5 Å². The largest absolute Gasteiger partial charge is 0.416 e. The highest BCUT2D eigenvalue weighted by molar-refractivity contribution is 5.43. The number of benzene rings is 1. The molecule has 0 radical (unpaired) electrons. The number of hydrogen-bond acceptors (Lipinski definition) is 0. The maximum atomic E-state index is 12.6.